The third-order valence-electron chi connectivity index (χ3n) is 4.13. The Morgan fingerprint density at radius 2 is 2.17 bits per heavy atom. The number of anilines is 1. The molecule has 1 amide bonds. The standard InChI is InChI=1S/C19H18ClN3O6/c1-11-3-12(2)18(16(20)4-11)22-17(24)7-21-29-9-14-6-15(23(25)26)5-13-8-27-10-28-19(13)14/h3-7H,8-10H2,1-2H3,(H,22,24)/b21-7-. The predicted octanol–water partition coefficient (Wildman–Crippen LogP) is 3.87. The molecule has 0 saturated carbocycles. The lowest BCUT2D eigenvalue weighted by Crippen LogP contribution is -2.15. The normalized spacial score (nSPS) is 12.9. The Bertz CT molecular complexity index is 969. The van der Waals surface area contributed by atoms with Gasteiger partial charge in [0.25, 0.3) is 11.6 Å². The van der Waals surface area contributed by atoms with Crippen molar-refractivity contribution in [1.82, 2.24) is 0 Å². The Morgan fingerprint density at radius 1 is 1.38 bits per heavy atom. The fraction of sp³-hybridized carbons (Fsp3) is 0.263. The van der Waals surface area contributed by atoms with Crippen molar-refractivity contribution in [2.45, 2.75) is 27.1 Å². The van der Waals surface area contributed by atoms with E-state index < -0.39 is 10.8 Å². The van der Waals surface area contributed by atoms with Gasteiger partial charge in [-0.15, -0.1) is 0 Å². The highest BCUT2D eigenvalue weighted by atomic mass is 35.5. The van der Waals surface area contributed by atoms with Crippen molar-refractivity contribution in [2.24, 2.45) is 5.16 Å². The molecule has 0 spiro atoms. The molecule has 152 valence electrons. The molecule has 0 aromatic heterocycles. The van der Waals surface area contributed by atoms with Gasteiger partial charge in [-0.2, -0.15) is 0 Å². The number of nitrogens with one attached hydrogen (secondary N) is 1. The number of amides is 1. The van der Waals surface area contributed by atoms with Crippen LogP contribution in [0.4, 0.5) is 11.4 Å². The number of benzene rings is 2. The first-order valence-electron chi connectivity index (χ1n) is 8.59. The summed E-state index contributed by atoms with van der Waals surface area (Å²) in [5.41, 5.74) is 3.18. The van der Waals surface area contributed by atoms with Gasteiger partial charge >= 0.3 is 0 Å². The Balaban J connectivity index is 1.65. The molecule has 1 aliphatic rings. The van der Waals surface area contributed by atoms with Crippen molar-refractivity contribution in [3.63, 3.8) is 0 Å². The van der Waals surface area contributed by atoms with Gasteiger partial charge in [-0.1, -0.05) is 22.8 Å². The second-order valence-corrected chi connectivity index (χ2v) is 6.80. The zero-order chi connectivity index (χ0) is 21.0. The van der Waals surface area contributed by atoms with E-state index in [1.54, 1.807) is 6.07 Å². The van der Waals surface area contributed by atoms with Crippen LogP contribution in [-0.2, 0) is 27.6 Å². The summed E-state index contributed by atoms with van der Waals surface area (Å²) in [6, 6.07) is 6.37. The molecule has 0 aliphatic carbocycles. The lowest BCUT2D eigenvalue weighted by molar-refractivity contribution is -0.385. The first-order chi connectivity index (χ1) is 13.8. The van der Waals surface area contributed by atoms with Gasteiger partial charge in [0.1, 0.15) is 18.6 Å². The number of aryl methyl sites for hydroxylation is 2. The summed E-state index contributed by atoms with van der Waals surface area (Å²) in [5.74, 6) is -0.0619. The predicted molar refractivity (Wildman–Crippen MR) is 106 cm³/mol. The van der Waals surface area contributed by atoms with Crippen LogP contribution in [0, 0.1) is 24.0 Å². The van der Waals surface area contributed by atoms with E-state index in [0.29, 0.717) is 27.6 Å². The number of carbonyl (C=O) groups excluding carboxylic acids is 1. The number of oxime groups is 1. The first kappa shape index (κ1) is 20.6. The Hall–Kier alpha value is -3.17. The van der Waals surface area contributed by atoms with Crippen LogP contribution >= 0.6 is 11.6 Å². The smallest absolute Gasteiger partial charge is 0.270 e. The van der Waals surface area contributed by atoms with E-state index in [1.165, 1.54) is 12.1 Å². The number of nitrogens with zero attached hydrogens (tertiary/aromatic N) is 2. The number of halogens is 1. The summed E-state index contributed by atoms with van der Waals surface area (Å²) in [5, 5.41) is 17.8. The van der Waals surface area contributed by atoms with Gasteiger partial charge in [0.15, 0.2) is 6.79 Å². The summed E-state index contributed by atoms with van der Waals surface area (Å²) in [7, 11) is 0. The highest BCUT2D eigenvalue weighted by molar-refractivity contribution is 6.37. The van der Waals surface area contributed by atoms with Gasteiger partial charge in [-0.05, 0) is 31.0 Å². The zero-order valence-corrected chi connectivity index (χ0v) is 16.5. The van der Waals surface area contributed by atoms with E-state index in [0.717, 1.165) is 17.3 Å². The maximum Gasteiger partial charge on any atom is 0.270 e. The van der Waals surface area contributed by atoms with E-state index in [4.69, 9.17) is 25.9 Å². The SMILES string of the molecule is Cc1cc(C)c(NC(=O)/C=N\OCc2cc([N+](=O)[O-])cc3c2OCOC3)c(Cl)c1. The lowest BCUT2D eigenvalue weighted by atomic mass is 10.1. The van der Waals surface area contributed by atoms with Gasteiger partial charge in [-0.3, -0.25) is 14.9 Å². The molecule has 2 aromatic carbocycles. The molecule has 0 unspecified atom stereocenters. The average Bonchev–Trinajstić information content (AvgIpc) is 2.67. The average molecular weight is 420 g/mol. The molecule has 0 saturated heterocycles. The van der Waals surface area contributed by atoms with Crippen molar-refractivity contribution >= 4 is 35.1 Å². The molecule has 0 bridgehead atoms. The summed E-state index contributed by atoms with van der Waals surface area (Å²) in [6.45, 7) is 3.87. The molecule has 1 aliphatic heterocycles. The summed E-state index contributed by atoms with van der Waals surface area (Å²) in [6.07, 6.45) is 0.962. The highest BCUT2D eigenvalue weighted by Crippen LogP contribution is 2.33. The van der Waals surface area contributed by atoms with Crippen molar-refractivity contribution in [2.75, 3.05) is 12.1 Å². The molecule has 1 N–H and O–H groups in total. The number of hydrogen-bond donors (Lipinski definition) is 1. The minimum atomic E-state index is -0.524. The minimum Gasteiger partial charge on any atom is -0.467 e. The molecular weight excluding hydrogens is 402 g/mol. The summed E-state index contributed by atoms with van der Waals surface area (Å²) < 4.78 is 10.6. The molecule has 3 rings (SSSR count). The van der Waals surface area contributed by atoms with Gasteiger partial charge in [-0.25, -0.2) is 0 Å². The van der Waals surface area contributed by atoms with Gasteiger partial charge < -0.3 is 19.6 Å². The lowest BCUT2D eigenvalue weighted by Gasteiger charge is -2.19. The van der Waals surface area contributed by atoms with Crippen LogP contribution in [-0.4, -0.2) is 23.8 Å². The van der Waals surface area contributed by atoms with E-state index in [1.807, 2.05) is 19.9 Å². The number of nitro benzene ring substituents is 1. The topological polar surface area (TPSA) is 112 Å². The van der Waals surface area contributed by atoms with Crippen LogP contribution in [0.15, 0.2) is 29.4 Å². The van der Waals surface area contributed by atoms with Crippen LogP contribution in [0.1, 0.15) is 22.3 Å². The number of rotatable bonds is 6. The van der Waals surface area contributed by atoms with Crippen LogP contribution in [0.5, 0.6) is 5.75 Å². The second-order valence-electron chi connectivity index (χ2n) is 6.40. The molecule has 29 heavy (non-hydrogen) atoms. The highest BCUT2D eigenvalue weighted by Gasteiger charge is 2.21. The van der Waals surface area contributed by atoms with E-state index >= 15 is 0 Å². The molecule has 1 heterocycles. The minimum absolute atomic E-state index is 0.0418. The van der Waals surface area contributed by atoms with Gasteiger partial charge in [0.2, 0.25) is 0 Å². The third-order valence-corrected chi connectivity index (χ3v) is 4.43. The third kappa shape index (κ3) is 5.01. The van der Waals surface area contributed by atoms with Crippen molar-refractivity contribution in [3.05, 3.63) is 61.7 Å². The van der Waals surface area contributed by atoms with Crippen molar-refractivity contribution in [1.29, 1.82) is 0 Å². The number of hydrogen-bond acceptors (Lipinski definition) is 7. The number of fused-ring (bicyclic) bond motifs is 1. The molecule has 2 aromatic rings. The quantitative estimate of drug-likeness (QED) is 0.432. The Labute approximate surface area is 171 Å². The van der Waals surface area contributed by atoms with E-state index in [2.05, 4.69) is 10.5 Å². The van der Waals surface area contributed by atoms with Gasteiger partial charge in [0, 0.05) is 23.3 Å². The van der Waals surface area contributed by atoms with E-state index in [9.17, 15) is 14.9 Å². The zero-order valence-electron chi connectivity index (χ0n) is 15.7. The molecule has 0 atom stereocenters. The molecule has 10 heteroatoms. The van der Waals surface area contributed by atoms with Crippen LogP contribution in [0.2, 0.25) is 5.02 Å². The number of non-ortho nitro benzene ring substituents is 1. The molecular formula is C19H18ClN3O6. The maximum atomic E-state index is 12.1. The fourth-order valence-corrected chi connectivity index (χ4v) is 3.28. The number of carbonyl (C=O) groups is 1. The number of ether oxygens (including phenoxy) is 2. The van der Waals surface area contributed by atoms with E-state index in [-0.39, 0.29) is 25.7 Å². The number of nitro groups is 1. The Kier molecular flexibility index (Phi) is 6.30. The van der Waals surface area contributed by atoms with Gasteiger partial charge in [0.05, 0.1) is 22.2 Å². The van der Waals surface area contributed by atoms with Crippen molar-refractivity contribution in [3.8, 4) is 5.75 Å². The maximum absolute atomic E-state index is 12.1. The summed E-state index contributed by atoms with van der Waals surface area (Å²) in [4.78, 5) is 27.8. The first-order valence-corrected chi connectivity index (χ1v) is 8.96. The molecule has 0 radical (unpaired) electrons. The Morgan fingerprint density at radius 3 is 2.90 bits per heavy atom. The van der Waals surface area contributed by atoms with Crippen LogP contribution in [0.3, 0.4) is 0 Å². The second kappa shape index (κ2) is 8.89. The molecule has 0 fully saturated rings. The summed E-state index contributed by atoms with van der Waals surface area (Å²) >= 11 is 6.16. The van der Waals surface area contributed by atoms with Crippen molar-refractivity contribution < 1.29 is 24.0 Å². The van der Waals surface area contributed by atoms with Crippen LogP contribution in [0.25, 0.3) is 0 Å². The fourth-order valence-electron chi connectivity index (χ4n) is 2.91. The largest absolute Gasteiger partial charge is 0.467 e. The van der Waals surface area contributed by atoms with Crippen LogP contribution < -0.4 is 10.1 Å². The molecule has 9 nitrogen and oxygen atoms in total. The monoisotopic (exact) mass is 419 g/mol.